The van der Waals surface area contributed by atoms with Crippen LogP contribution in [-0.2, 0) is 6.42 Å². The van der Waals surface area contributed by atoms with Crippen LogP contribution in [0.2, 0.25) is 0 Å². The highest BCUT2D eigenvalue weighted by Crippen LogP contribution is 2.47. The zero-order valence-electron chi connectivity index (χ0n) is 13.3. The van der Waals surface area contributed by atoms with E-state index in [1.807, 2.05) is 0 Å². The van der Waals surface area contributed by atoms with E-state index in [4.69, 9.17) is 0 Å². The van der Waals surface area contributed by atoms with Gasteiger partial charge in [0.2, 0.25) is 0 Å². The van der Waals surface area contributed by atoms with Crippen molar-refractivity contribution in [1.29, 1.82) is 0 Å². The fraction of sp³-hybridized carbons (Fsp3) is 0.300. The van der Waals surface area contributed by atoms with Gasteiger partial charge in [-0.3, -0.25) is 4.90 Å². The molecule has 5 rings (SSSR count). The first kappa shape index (κ1) is 14.8. The fourth-order valence-electron chi connectivity index (χ4n) is 4.59. The minimum Gasteiger partial charge on any atom is -0.313 e. The average Bonchev–Trinajstić information content (AvgIpc) is 3.00. The second-order valence-electron chi connectivity index (χ2n) is 6.67. The van der Waals surface area contributed by atoms with Crippen LogP contribution in [0.25, 0.3) is 16.6 Å². The Hall–Kier alpha value is -1.77. The van der Waals surface area contributed by atoms with Crippen LogP contribution in [0.15, 0.2) is 54.6 Å². The lowest BCUT2D eigenvalue weighted by molar-refractivity contribution is 0.223. The van der Waals surface area contributed by atoms with E-state index < -0.39 is 0 Å². The van der Waals surface area contributed by atoms with Crippen LogP contribution < -0.4 is 0 Å². The maximum absolute atomic E-state index is 2.60. The third kappa shape index (κ3) is 1.98. The van der Waals surface area contributed by atoms with Gasteiger partial charge in [0.15, 0.2) is 0 Å². The molecule has 2 atom stereocenters. The molecule has 2 aliphatic heterocycles. The molecule has 2 aromatic carbocycles. The molecule has 1 fully saturated rings. The molecule has 2 nitrogen and oxygen atoms in total. The van der Waals surface area contributed by atoms with Crippen molar-refractivity contribution in [2.75, 3.05) is 7.05 Å². The molecule has 0 radical (unpaired) electrons. The van der Waals surface area contributed by atoms with Gasteiger partial charge >= 0.3 is 0 Å². The van der Waals surface area contributed by atoms with Gasteiger partial charge in [-0.1, -0.05) is 36.4 Å². The number of hydrogen-bond donors (Lipinski definition) is 0. The summed E-state index contributed by atoms with van der Waals surface area (Å²) in [5, 5.41) is 1.44. The van der Waals surface area contributed by atoms with Crippen molar-refractivity contribution < 1.29 is 0 Å². The standard InChI is InChI=1S/C20H20N2.ClH/c1-21-15-11-12-18(21)20-16-9-5-6-10-17(16)22(19(20)13-15)14-7-3-2-4-8-14;/h2-10,15,18H,11-13H2,1H3;1H. The van der Waals surface area contributed by atoms with Crippen molar-refractivity contribution in [3.63, 3.8) is 0 Å². The van der Waals surface area contributed by atoms with Gasteiger partial charge in [0.05, 0.1) is 5.52 Å². The molecular weight excluding hydrogens is 304 g/mol. The first-order valence-corrected chi connectivity index (χ1v) is 8.24. The molecule has 0 aliphatic carbocycles. The first-order chi connectivity index (χ1) is 10.8. The van der Waals surface area contributed by atoms with E-state index in [2.05, 4.69) is 71.1 Å². The van der Waals surface area contributed by atoms with Gasteiger partial charge in [-0.2, -0.15) is 0 Å². The van der Waals surface area contributed by atoms with Crippen LogP contribution in [0.5, 0.6) is 0 Å². The number of likely N-dealkylation sites (N-methyl/N-ethyl adjacent to an activating group) is 1. The van der Waals surface area contributed by atoms with Crippen LogP contribution >= 0.6 is 12.4 Å². The van der Waals surface area contributed by atoms with E-state index in [0.29, 0.717) is 12.1 Å². The normalized spacial score (nSPS) is 22.8. The molecule has 0 N–H and O–H groups in total. The fourth-order valence-corrected chi connectivity index (χ4v) is 4.59. The summed E-state index contributed by atoms with van der Waals surface area (Å²) in [4.78, 5) is 2.60. The number of para-hydroxylation sites is 2. The summed E-state index contributed by atoms with van der Waals surface area (Å²) in [5.74, 6) is 0. The van der Waals surface area contributed by atoms with Gasteiger partial charge < -0.3 is 4.57 Å². The number of hydrogen-bond acceptors (Lipinski definition) is 1. The molecule has 3 heteroatoms. The SMILES string of the molecule is CN1C2CCC1c1c(n(-c3ccccc3)c3ccccc13)C2.Cl. The summed E-state index contributed by atoms with van der Waals surface area (Å²) in [7, 11) is 2.31. The van der Waals surface area contributed by atoms with E-state index in [-0.39, 0.29) is 12.4 Å². The molecule has 1 saturated heterocycles. The van der Waals surface area contributed by atoms with Gasteiger partial charge in [-0.15, -0.1) is 12.4 Å². The molecule has 0 spiro atoms. The van der Waals surface area contributed by atoms with Crippen molar-refractivity contribution in [2.24, 2.45) is 0 Å². The first-order valence-electron chi connectivity index (χ1n) is 8.24. The summed E-state index contributed by atoms with van der Waals surface area (Å²) >= 11 is 0. The Kier molecular flexibility index (Phi) is 3.47. The molecular formula is C20H21ClN2. The minimum absolute atomic E-state index is 0. The van der Waals surface area contributed by atoms with E-state index in [1.165, 1.54) is 41.5 Å². The third-order valence-electron chi connectivity index (χ3n) is 5.63. The summed E-state index contributed by atoms with van der Waals surface area (Å²) in [6.45, 7) is 0. The summed E-state index contributed by atoms with van der Waals surface area (Å²) in [6.07, 6.45) is 3.81. The van der Waals surface area contributed by atoms with Crippen molar-refractivity contribution in [3.8, 4) is 5.69 Å². The van der Waals surface area contributed by atoms with Crippen LogP contribution in [0.1, 0.15) is 30.1 Å². The number of nitrogens with zero attached hydrogens (tertiary/aromatic N) is 2. The van der Waals surface area contributed by atoms with Gasteiger partial charge in [0.25, 0.3) is 0 Å². The summed E-state index contributed by atoms with van der Waals surface area (Å²) in [6, 6.07) is 21.1. The van der Waals surface area contributed by atoms with E-state index >= 15 is 0 Å². The third-order valence-corrected chi connectivity index (χ3v) is 5.63. The molecule has 1 aromatic heterocycles. The lowest BCUT2D eigenvalue weighted by Gasteiger charge is -2.32. The molecule has 3 aromatic rings. The second-order valence-corrected chi connectivity index (χ2v) is 6.67. The topological polar surface area (TPSA) is 8.17 Å². The number of rotatable bonds is 1. The van der Waals surface area contributed by atoms with Crippen molar-refractivity contribution in [3.05, 3.63) is 65.9 Å². The highest BCUT2D eigenvalue weighted by Gasteiger charge is 2.40. The summed E-state index contributed by atoms with van der Waals surface area (Å²) in [5.41, 5.74) is 5.78. The average molecular weight is 325 g/mol. The number of benzene rings is 2. The van der Waals surface area contributed by atoms with E-state index in [1.54, 1.807) is 5.56 Å². The molecule has 2 bridgehead atoms. The number of aromatic nitrogens is 1. The van der Waals surface area contributed by atoms with Gasteiger partial charge in [-0.05, 0) is 43.7 Å². The highest BCUT2D eigenvalue weighted by molar-refractivity contribution is 5.88. The van der Waals surface area contributed by atoms with Crippen LogP contribution in [-0.4, -0.2) is 22.6 Å². The van der Waals surface area contributed by atoms with Crippen LogP contribution in [0, 0.1) is 0 Å². The minimum atomic E-state index is 0. The van der Waals surface area contributed by atoms with Crippen LogP contribution in [0.3, 0.4) is 0 Å². The molecule has 3 heterocycles. The molecule has 118 valence electrons. The molecule has 0 saturated carbocycles. The lowest BCUT2D eigenvalue weighted by Crippen LogP contribution is -2.34. The summed E-state index contributed by atoms with van der Waals surface area (Å²) < 4.78 is 2.50. The van der Waals surface area contributed by atoms with Crippen molar-refractivity contribution >= 4 is 23.3 Å². The largest absolute Gasteiger partial charge is 0.313 e. The Morgan fingerprint density at radius 1 is 0.913 bits per heavy atom. The predicted molar refractivity (Wildman–Crippen MR) is 97.8 cm³/mol. The maximum Gasteiger partial charge on any atom is 0.0534 e. The quantitative estimate of drug-likeness (QED) is 0.627. The van der Waals surface area contributed by atoms with Gasteiger partial charge in [0.1, 0.15) is 0 Å². The molecule has 0 amide bonds. The van der Waals surface area contributed by atoms with Crippen LogP contribution in [0.4, 0.5) is 0 Å². The van der Waals surface area contributed by atoms with Crippen molar-refractivity contribution in [2.45, 2.75) is 31.3 Å². The Balaban J connectivity index is 0.00000135. The maximum atomic E-state index is 2.60. The predicted octanol–water partition coefficient (Wildman–Crippen LogP) is 4.74. The molecule has 2 unspecified atom stereocenters. The monoisotopic (exact) mass is 324 g/mol. The Morgan fingerprint density at radius 2 is 1.65 bits per heavy atom. The lowest BCUT2D eigenvalue weighted by atomic mass is 9.97. The zero-order chi connectivity index (χ0) is 14.7. The smallest absolute Gasteiger partial charge is 0.0534 e. The van der Waals surface area contributed by atoms with Gasteiger partial charge in [0, 0.05) is 35.3 Å². The van der Waals surface area contributed by atoms with Gasteiger partial charge in [-0.25, -0.2) is 0 Å². The highest BCUT2D eigenvalue weighted by atomic mass is 35.5. The second kappa shape index (κ2) is 5.40. The van der Waals surface area contributed by atoms with E-state index in [9.17, 15) is 0 Å². The molecule has 2 aliphatic rings. The van der Waals surface area contributed by atoms with E-state index in [0.717, 1.165) is 0 Å². The Morgan fingerprint density at radius 3 is 2.48 bits per heavy atom. The Labute approximate surface area is 143 Å². The number of fused-ring (bicyclic) bond motifs is 6. The molecule has 23 heavy (non-hydrogen) atoms. The number of halogens is 1. The Bertz CT molecular complexity index is 853. The van der Waals surface area contributed by atoms with Crippen molar-refractivity contribution in [1.82, 2.24) is 9.47 Å². The zero-order valence-corrected chi connectivity index (χ0v) is 14.1.